The third-order valence-corrected chi connectivity index (χ3v) is 6.31. The van der Waals surface area contributed by atoms with Crippen LogP contribution in [0.3, 0.4) is 0 Å². The van der Waals surface area contributed by atoms with Crippen molar-refractivity contribution in [3.05, 3.63) is 0 Å². The van der Waals surface area contributed by atoms with Gasteiger partial charge in [0.05, 0.1) is 11.9 Å². The van der Waals surface area contributed by atoms with E-state index in [0.29, 0.717) is 19.0 Å². The summed E-state index contributed by atoms with van der Waals surface area (Å²) in [4.78, 5) is 8.98. The lowest BCUT2D eigenvalue weighted by Gasteiger charge is -2.37. The lowest BCUT2D eigenvalue weighted by molar-refractivity contribution is 0.0200. The molecule has 28 heavy (non-hydrogen) atoms. The molecule has 0 saturated carbocycles. The Morgan fingerprint density at radius 1 is 1.21 bits per heavy atom. The second kappa shape index (κ2) is 13.2. The van der Waals surface area contributed by atoms with Gasteiger partial charge in [0, 0.05) is 59.5 Å². The Morgan fingerprint density at radius 3 is 2.50 bits per heavy atom. The fourth-order valence-electron chi connectivity index (χ4n) is 3.55. The van der Waals surface area contributed by atoms with Crippen molar-refractivity contribution in [1.82, 2.24) is 19.8 Å². The van der Waals surface area contributed by atoms with Crippen molar-refractivity contribution in [2.24, 2.45) is 10.9 Å². The molecule has 2 aliphatic heterocycles. The highest BCUT2D eigenvalue weighted by Crippen LogP contribution is 2.11. The molecule has 0 spiro atoms. The van der Waals surface area contributed by atoms with Gasteiger partial charge in [-0.2, -0.15) is 0 Å². The SMILES string of the molecule is CN=C(NCCS(=O)(=O)NCC1CCCCO1)N1CCN(CC(C)C)CC1.I. The quantitative estimate of drug-likeness (QED) is 0.276. The van der Waals surface area contributed by atoms with Crippen LogP contribution in [0.25, 0.3) is 0 Å². The molecule has 1 unspecified atom stereocenters. The summed E-state index contributed by atoms with van der Waals surface area (Å²) >= 11 is 0. The first-order valence-corrected chi connectivity index (χ1v) is 11.8. The van der Waals surface area contributed by atoms with Gasteiger partial charge in [0.25, 0.3) is 0 Å². The minimum atomic E-state index is -3.31. The second-order valence-electron chi connectivity index (χ2n) is 7.81. The summed E-state index contributed by atoms with van der Waals surface area (Å²) < 4.78 is 32.6. The van der Waals surface area contributed by atoms with Crippen molar-refractivity contribution < 1.29 is 13.2 Å². The summed E-state index contributed by atoms with van der Waals surface area (Å²) in [5.41, 5.74) is 0. The van der Waals surface area contributed by atoms with E-state index in [2.05, 4.69) is 38.7 Å². The highest BCUT2D eigenvalue weighted by Gasteiger charge is 2.21. The van der Waals surface area contributed by atoms with E-state index < -0.39 is 10.0 Å². The normalized spacial score (nSPS) is 22.2. The predicted molar refractivity (Wildman–Crippen MR) is 125 cm³/mol. The minimum absolute atomic E-state index is 0. The van der Waals surface area contributed by atoms with Crippen LogP contribution in [0, 0.1) is 5.92 Å². The molecule has 1 atom stereocenters. The number of halogens is 1. The van der Waals surface area contributed by atoms with E-state index in [1.165, 1.54) is 0 Å². The molecule has 0 bridgehead atoms. The van der Waals surface area contributed by atoms with Crippen LogP contribution < -0.4 is 10.0 Å². The number of nitrogens with one attached hydrogen (secondary N) is 2. The van der Waals surface area contributed by atoms with Gasteiger partial charge >= 0.3 is 0 Å². The van der Waals surface area contributed by atoms with Crippen LogP contribution in [0.2, 0.25) is 0 Å². The molecule has 2 N–H and O–H groups in total. The molecule has 2 aliphatic rings. The number of nitrogens with zero attached hydrogens (tertiary/aromatic N) is 3. The molecule has 8 nitrogen and oxygen atoms in total. The molecule has 0 aromatic rings. The number of guanidine groups is 1. The minimum Gasteiger partial charge on any atom is -0.377 e. The van der Waals surface area contributed by atoms with Crippen molar-refractivity contribution in [1.29, 1.82) is 0 Å². The summed E-state index contributed by atoms with van der Waals surface area (Å²) in [6.45, 7) is 10.9. The molecule has 0 amide bonds. The zero-order valence-corrected chi connectivity index (χ0v) is 20.7. The van der Waals surface area contributed by atoms with Gasteiger partial charge in [-0.1, -0.05) is 13.8 Å². The Labute approximate surface area is 187 Å². The fourth-order valence-corrected chi connectivity index (χ4v) is 4.50. The van der Waals surface area contributed by atoms with Crippen LogP contribution >= 0.6 is 24.0 Å². The first-order chi connectivity index (χ1) is 12.9. The Balaban J connectivity index is 0.00000392. The molecule has 0 aromatic carbocycles. The van der Waals surface area contributed by atoms with Gasteiger partial charge < -0.3 is 15.0 Å². The molecule has 0 radical (unpaired) electrons. The van der Waals surface area contributed by atoms with Gasteiger partial charge in [0.2, 0.25) is 10.0 Å². The standard InChI is InChI=1S/C18H37N5O3S.HI/c1-16(2)15-22-8-10-23(11-9-22)18(19-3)20-7-13-27(24,25)21-14-17-6-4-5-12-26-17;/h16-17,21H,4-15H2,1-3H3,(H,19,20);1H. The highest BCUT2D eigenvalue weighted by molar-refractivity contribution is 14.0. The number of sulfonamides is 1. The average Bonchev–Trinajstić information content (AvgIpc) is 2.65. The van der Waals surface area contributed by atoms with Gasteiger partial charge in [0.15, 0.2) is 5.96 Å². The highest BCUT2D eigenvalue weighted by atomic mass is 127. The number of aliphatic imine (C=N–C) groups is 1. The van der Waals surface area contributed by atoms with Crippen LogP contribution in [0.4, 0.5) is 0 Å². The maximum Gasteiger partial charge on any atom is 0.213 e. The van der Waals surface area contributed by atoms with Crippen LogP contribution in [0.5, 0.6) is 0 Å². The van der Waals surface area contributed by atoms with E-state index in [1.54, 1.807) is 7.05 Å². The van der Waals surface area contributed by atoms with E-state index in [9.17, 15) is 8.42 Å². The maximum atomic E-state index is 12.2. The number of ether oxygens (including phenoxy) is 1. The van der Waals surface area contributed by atoms with Crippen LogP contribution in [0.15, 0.2) is 4.99 Å². The molecule has 2 saturated heterocycles. The summed E-state index contributed by atoms with van der Waals surface area (Å²) in [6.07, 6.45) is 3.11. The molecule has 2 rings (SSSR count). The van der Waals surface area contributed by atoms with Gasteiger partial charge in [-0.15, -0.1) is 24.0 Å². The first kappa shape index (κ1) is 25.9. The van der Waals surface area contributed by atoms with Crippen molar-refractivity contribution in [3.8, 4) is 0 Å². The maximum absolute atomic E-state index is 12.2. The smallest absolute Gasteiger partial charge is 0.213 e. The van der Waals surface area contributed by atoms with Crippen molar-refractivity contribution in [2.75, 3.05) is 65.2 Å². The van der Waals surface area contributed by atoms with Crippen molar-refractivity contribution in [2.45, 2.75) is 39.2 Å². The first-order valence-electron chi connectivity index (χ1n) is 10.2. The predicted octanol–water partition coefficient (Wildman–Crippen LogP) is 0.942. The van der Waals surface area contributed by atoms with Crippen molar-refractivity contribution >= 4 is 40.0 Å². The van der Waals surface area contributed by atoms with Gasteiger partial charge in [-0.25, -0.2) is 13.1 Å². The van der Waals surface area contributed by atoms with Gasteiger partial charge in [0.1, 0.15) is 0 Å². The molecule has 2 fully saturated rings. The molecule has 0 aromatic heterocycles. The summed E-state index contributed by atoms with van der Waals surface area (Å²) in [5.74, 6) is 1.49. The topological polar surface area (TPSA) is 86.3 Å². The van der Waals surface area contributed by atoms with E-state index in [0.717, 1.165) is 64.6 Å². The van der Waals surface area contributed by atoms with Gasteiger partial charge in [-0.05, 0) is 25.2 Å². The van der Waals surface area contributed by atoms with E-state index in [4.69, 9.17) is 4.74 Å². The fraction of sp³-hybridized carbons (Fsp3) is 0.944. The third kappa shape index (κ3) is 9.55. The van der Waals surface area contributed by atoms with Crippen LogP contribution in [-0.4, -0.2) is 95.5 Å². The number of piperazine rings is 1. The monoisotopic (exact) mass is 531 g/mol. The number of rotatable bonds is 8. The lowest BCUT2D eigenvalue weighted by atomic mass is 10.1. The molecular formula is C18H38IN5O3S. The third-order valence-electron chi connectivity index (χ3n) is 4.97. The van der Waals surface area contributed by atoms with Gasteiger partial charge in [-0.3, -0.25) is 9.89 Å². The molecule has 2 heterocycles. The zero-order chi connectivity index (χ0) is 19.7. The van der Waals surface area contributed by atoms with Crippen LogP contribution in [0.1, 0.15) is 33.1 Å². The van der Waals surface area contributed by atoms with E-state index >= 15 is 0 Å². The molecule has 0 aliphatic carbocycles. The molecule has 10 heteroatoms. The Kier molecular flexibility index (Phi) is 12.2. The Bertz CT molecular complexity index is 560. The van der Waals surface area contributed by atoms with E-state index in [-0.39, 0.29) is 35.8 Å². The number of hydrogen-bond donors (Lipinski definition) is 2. The summed E-state index contributed by atoms with van der Waals surface area (Å²) in [5, 5.41) is 3.20. The molecule has 166 valence electrons. The number of hydrogen-bond acceptors (Lipinski definition) is 5. The largest absolute Gasteiger partial charge is 0.377 e. The Hall–Kier alpha value is -0.170. The molecular weight excluding hydrogens is 493 g/mol. The Morgan fingerprint density at radius 2 is 1.93 bits per heavy atom. The zero-order valence-electron chi connectivity index (χ0n) is 17.5. The second-order valence-corrected chi connectivity index (χ2v) is 9.74. The van der Waals surface area contributed by atoms with Crippen LogP contribution in [-0.2, 0) is 14.8 Å². The lowest BCUT2D eigenvalue weighted by Crippen LogP contribution is -2.53. The summed E-state index contributed by atoms with van der Waals surface area (Å²) in [6, 6.07) is 0. The summed E-state index contributed by atoms with van der Waals surface area (Å²) in [7, 11) is -1.57. The van der Waals surface area contributed by atoms with E-state index in [1.807, 2.05) is 0 Å². The average molecular weight is 532 g/mol. The van der Waals surface area contributed by atoms with Crippen molar-refractivity contribution in [3.63, 3.8) is 0 Å².